The van der Waals surface area contributed by atoms with Crippen molar-refractivity contribution in [1.29, 1.82) is 0 Å². The second-order valence-corrected chi connectivity index (χ2v) is 5.13. The molecule has 8 nitrogen and oxygen atoms in total. The Hall–Kier alpha value is -3.03. The Morgan fingerprint density at radius 3 is 2.83 bits per heavy atom. The van der Waals surface area contributed by atoms with Crippen LogP contribution in [0, 0.1) is 17.0 Å². The minimum atomic E-state index is -0.465. The van der Waals surface area contributed by atoms with Gasteiger partial charge in [0.2, 0.25) is 5.95 Å². The summed E-state index contributed by atoms with van der Waals surface area (Å²) in [5.41, 5.74) is 1.57. The first-order valence-corrected chi connectivity index (χ1v) is 7.44. The molecule has 2 rings (SSSR count). The van der Waals surface area contributed by atoms with Crippen molar-refractivity contribution in [2.45, 2.75) is 26.8 Å². The SMILES string of the molecule is CCOC(=O)c1cnc(NC(C)c2cccc([N+](=O)[O-])c2)nc1C. The summed E-state index contributed by atoms with van der Waals surface area (Å²) in [6.45, 7) is 5.54. The number of rotatable bonds is 6. The van der Waals surface area contributed by atoms with Gasteiger partial charge in [-0.05, 0) is 26.3 Å². The summed E-state index contributed by atoms with van der Waals surface area (Å²) in [4.78, 5) is 30.5. The number of benzene rings is 1. The van der Waals surface area contributed by atoms with Crippen molar-refractivity contribution in [3.8, 4) is 0 Å². The molecule has 1 atom stereocenters. The molecule has 2 aromatic rings. The van der Waals surface area contributed by atoms with Crippen molar-refractivity contribution in [3.63, 3.8) is 0 Å². The van der Waals surface area contributed by atoms with Crippen LogP contribution in [0.2, 0.25) is 0 Å². The highest BCUT2D eigenvalue weighted by molar-refractivity contribution is 5.90. The van der Waals surface area contributed by atoms with Crippen LogP contribution in [-0.2, 0) is 4.74 Å². The van der Waals surface area contributed by atoms with E-state index in [0.29, 0.717) is 17.2 Å². The third-order valence-electron chi connectivity index (χ3n) is 3.40. The number of nitrogens with zero attached hydrogens (tertiary/aromatic N) is 3. The number of ether oxygens (including phenoxy) is 1. The zero-order valence-corrected chi connectivity index (χ0v) is 13.6. The molecule has 0 fully saturated rings. The molecule has 1 aromatic carbocycles. The molecule has 0 amide bonds. The number of aromatic nitrogens is 2. The Morgan fingerprint density at radius 2 is 2.21 bits per heavy atom. The van der Waals surface area contributed by atoms with E-state index in [2.05, 4.69) is 15.3 Å². The van der Waals surface area contributed by atoms with Crippen molar-refractivity contribution >= 4 is 17.6 Å². The monoisotopic (exact) mass is 330 g/mol. The number of nitro groups is 1. The van der Waals surface area contributed by atoms with Crippen molar-refractivity contribution in [2.75, 3.05) is 11.9 Å². The highest BCUT2D eigenvalue weighted by Crippen LogP contribution is 2.21. The van der Waals surface area contributed by atoms with Gasteiger partial charge < -0.3 is 10.1 Å². The van der Waals surface area contributed by atoms with E-state index in [4.69, 9.17) is 4.74 Å². The van der Waals surface area contributed by atoms with E-state index in [1.807, 2.05) is 6.92 Å². The second-order valence-electron chi connectivity index (χ2n) is 5.13. The number of carbonyl (C=O) groups is 1. The lowest BCUT2D eigenvalue weighted by molar-refractivity contribution is -0.384. The fourth-order valence-corrected chi connectivity index (χ4v) is 2.13. The van der Waals surface area contributed by atoms with E-state index in [1.54, 1.807) is 26.0 Å². The molecule has 0 aliphatic rings. The van der Waals surface area contributed by atoms with Gasteiger partial charge in [-0.3, -0.25) is 10.1 Å². The van der Waals surface area contributed by atoms with Gasteiger partial charge in [0, 0.05) is 18.3 Å². The van der Waals surface area contributed by atoms with Gasteiger partial charge in [0.25, 0.3) is 5.69 Å². The molecule has 0 radical (unpaired) electrons. The lowest BCUT2D eigenvalue weighted by atomic mass is 10.1. The first-order chi connectivity index (χ1) is 11.4. The number of hydrogen-bond donors (Lipinski definition) is 1. The van der Waals surface area contributed by atoms with Crippen LogP contribution in [0.5, 0.6) is 0 Å². The third-order valence-corrected chi connectivity index (χ3v) is 3.40. The van der Waals surface area contributed by atoms with Gasteiger partial charge >= 0.3 is 5.97 Å². The molecular formula is C16H18N4O4. The molecule has 0 aliphatic carbocycles. The Morgan fingerprint density at radius 1 is 1.46 bits per heavy atom. The van der Waals surface area contributed by atoms with Crippen LogP contribution in [0.15, 0.2) is 30.5 Å². The van der Waals surface area contributed by atoms with Crippen LogP contribution in [-0.4, -0.2) is 27.5 Å². The lowest BCUT2D eigenvalue weighted by Crippen LogP contribution is -2.13. The van der Waals surface area contributed by atoms with E-state index in [9.17, 15) is 14.9 Å². The summed E-state index contributed by atoms with van der Waals surface area (Å²) in [5.74, 6) is -0.132. The summed E-state index contributed by atoms with van der Waals surface area (Å²) in [7, 11) is 0. The van der Waals surface area contributed by atoms with Gasteiger partial charge in [-0.25, -0.2) is 14.8 Å². The van der Waals surface area contributed by atoms with Gasteiger partial charge in [-0.2, -0.15) is 0 Å². The third kappa shape index (κ3) is 4.03. The molecule has 1 unspecified atom stereocenters. The Kier molecular flexibility index (Phi) is 5.41. The highest BCUT2D eigenvalue weighted by Gasteiger charge is 2.15. The molecule has 8 heteroatoms. The second kappa shape index (κ2) is 7.49. The first-order valence-electron chi connectivity index (χ1n) is 7.44. The minimum absolute atomic E-state index is 0.0240. The van der Waals surface area contributed by atoms with E-state index in [-0.39, 0.29) is 18.3 Å². The highest BCUT2D eigenvalue weighted by atomic mass is 16.6. The average Bonchev–Trinajstić information content (AvgIpc) is 2.55. The Labute approximate surface area is 139 Å². The van der Waals surface area contributed by atoms with Crippen molar-refractivity contribution < 1.29 is 14.5 Å². The minimum Gasteiger partial charge on any atom is -0.462 e. The molecule has 0 aliphatic heterocycles. The maximum absolute atomic E-state index is 11.7. The Balaban J connectivity index is 2.16. The van der Waals surface area contributed by atoms with Crippen molar-refractivity contribution in [2.24, 2.45) is 0 Å². The smallest absolute Gasteiger partial charge is 0.341 e. The zero-order chi connectivity index (χ0) is 17.7. The molecule has 0 saturated carbocycles. The van der Waals surface area contributed by atoms with Gasteiger partial charge in [-0.1, -0.05) is 12.1 Å². The molecule has 1 aromatic heterocycles. The fraction of sp³-hybridized carbons (Fsp3) is 0.312. The Bertz CT molecular complexity index is 763. The summed E-state index contributed by atoms with van der Waals surface area (Å²) in [6.07, 6.45) is 1.41. The van der Waals surface area contributed by atoms with Gasteiger partial charge in [0.1, 0.15) is 0 Å². The molecule has 0 saturated heterocycles. The van der Waals surface area contributed by atoms with Crippen LogP contribution < -0.4 is 5.32 Å². The molecule has 0 spiro atoms. The maximum Gasteiger partial charge on any atom is 0.341 e. The van der Waals surface area contributed by atoms with Crippen molar-refractivity contribution in [1.82, 2.24) is 9.97 Å². The van der Waals surface area contributed by atoms with Crippen LogP contribution in [0.4, 0.5) is 11.6 Å². The van der Waals surface area contributed by atoms with E-state index in [0.717, 1.165) is 5.56 Å². The number of aryl methyl sites for hydroxylation is 1. The normalized spacial score (nSPS) is 11.6. The fourth-order valence-electron chi connectivity index (χ4n) is 2.13. The largest absolute Gasteiger partial charge is 0.462 e. The number of nitrogens with one attached hydrogen (secondary N) is 1. The number of nitro benzene ring substituents is 1. The molecule has 1 heterocycles. The molecular weight excluding hydrogens is 312 g/mol. The molecule has 1 N–H and O–H groups in total. The van der Waals surface area contributed by atoms with Gasteiger partial charge in [0.15, 0.2) is 0 Å². The number of anilines is 1. The van der Waals surface area contributed by atoms with E-state index >= 15 is 0 Å². The lowest BCUT2D eigenvalue weighted by Gasteiger charge is -2.15. The number of esters is 1. The average molecular weight is 330 g/mol. The summed E-state index contributed by atoms with van der Waals surface area (Å²) < 4.78 is 4.93. The van der Waals surface area contributed by atoms with Gasteiger partial charge in [0.05, 0.1) is 28.8 Å². The van der Waals surface area contributed by atoms with Crippen LogP contribution in [0.3, 0.4) is 0 Å². The number of carbonyl (C=O) groups excluding carboxylic acids is 1. The first kappa shape index (κ1) is 17.3. The molecule has 24 heavy (non-hydrogen) atoms. The summed E-state index contributed by atoms with van der Waals surface area (Å²) in [6, 6.07) is 6.10. The predicted molar refractivity (Wildman–Crippen MR) is 87.9 cm³/mol. The molecule has 0 bridgehead atoms. The van der Waals surface area contributed by atoms with Crippen LogP contribution in [0.1, 0.15) is 41.5 Å². The van der Waals surface area contributed by atoms with Crippen molar-refractivity contribution in [3.05, 3.63) is 57.4 Å². The van der Waals surface area contributed by atoms with Gasteiger partial charge in [-0.15, -0.1) is 0 Å². The number of non-ortho nitro benzene ring substituents is 1. The summed E-state index contributed by atoms with van der Waals surface area (Å²) >= 11 is 0. The zero-order valence-electron chi connectivity index (χ0n) is 13.6. The van der Waals surface area contributed by atoms with E-state index in [1.165, 1.54) is 18.3 Å². The summed E-state index contributed by atoms with van der Waals surface area (Å²) in [5, 5.41) is 13.9. The maximum atomic E-state index is 11.7. The molecule has 126 valence electrons. The number of hydrogen-bond acceptors (Lipinski definition) is 7. The van der Waals surface area contributed by atoms with Crippen LogP contribution >= 0.6 is 0 Å². The topological polar surface area (TPSA) is 107 Å². The van der Waals surface area contributed by atoms with Crippen LogP contribution in [0.25, 0.3) is 0 Å². The predicted octanol–water partition coefficient (Wildman–Crippen LogP) is 3.04. The van der Waals surface area contributed by atoms with E-state index < -0.39 is 10.9 Å². The standard InChI is InChI=1S/C16H18N4O4/c1-4-24-15(21)14-9-17-16(19-11(14)3)18-10(2)12-6-5-7-13(8-12)20(22)23/h5-10H,4H2,1-3H3,(H,17,18,19). The quantitative estimate of drug-likeness (QED) is 0.492.